The van der Waals surface area contributed by atoms with Crippen molar-refractivity contribution in [3.05, 3.63) is 71.8 Å². The zero-order valence-corrected chi connectivity index (χ0v) is 21.4. The Bertz CT molecular complexity index is 1650. The number of benzene rings is 1. The van der Waals surface area contributed by atoms with Gasteiger partial charge in [0.05, 0.1) is 17.6 Å². The molecule has 36 heavy (non-hydrogen) atoms. The summed E-state index contributed by atoms with van der Waals surface area (Å²) in [6.07, 6.45) is 6.99. The Morgan fingerprint density at radius 1 is 1.08 bits per heavy atom. The molecule has 5 aromatic rings. The first-order valence-electron chi connectivity index (χ1n) is 11.7. The lowest BCUT2D eigenvalue weighted by Crippen LogP contribution is -2.10. The summed E-state index contributed by atoms with van der Waals surface area (Å²) >= 11 is 0. The highest BCUT2D eigenvalue weighted by Crippen LogP contribution is 2.44. The van der Waals surface area contributed by atoms with E-state index in [2.05, 4.69) is 41.0 Å². The maximum Gasteiger partial charge on any atom is 0.247 e. The van der Waals surface area contributed by atoms with Gasteiger partial charge in [-0.05, 0) is 62.1 Å². The highest BCUT2D eigenvalue weighted by molar-refractivity contribution is 6.08. The van der Waals surface area contributed by atoms with E-state index < -0.39 is 0 Å². The standard InChI is InChI=1S/C28H29N7O/c1-8-23(36)31-26-15(2)9-10-20(18(26)5)25-24-17(4)21(22-11-16(3)35(7)33-22)13-29-28(24)32-27(25)19-12-30-34(6)14-19/h8-14H,1H2,2-7H3,(H,29,32)(H,31,36). The molecule has 4 heterocycles. The van der Waals surface area contributed by atoms with Gasteiger partial charge in [-0.1, -0.05) is 18.7 Å². The van der Waals surface area contributed by atoms with Crippen LogP contribution in [0.25, 0.3) is 44.7 Å². The lowest BCUT2D eigenvalue weighted by molar-refractivity contribution is -0.111. The van der Waals surface area contributed by atoms with Crippen LogP contribution < -0.4 is 5.32 Å². The molecule has 0 aliphatic heterocycles. The van der Waals surface area contributed by atoms with E-state index in [1.54, 1.807) is 4.68 Å². The maximum absolute atomic E-state index is 12.2. The van der Waals surface area contributed by atoms with Crippen molar-refractivity contribution in [2.75, 3.05) is 5.32 Å². The van der Waals surface area contributed by atoms with Crippen LogP contribution in [0.2, 0.25) is 0 Å². The average Bonchev–Trinajstić information content (AvgIpc) is 3.54. The molecule has 0 spiro atoms. The van der Waals surface area contributed by atoms with Gasteiger partial charge >= 0.3 is 0 Å². The van der Waals surface area contributed by atoms with Gasteiger partial charge in [0.2, 0.25) is 5.91 Å². The van der Waals surface area contributed by atoms with Crippen molar-refractivity contribution in [2.45, 2.75) is 27.7 Å². The minimum atomic E-state index is -0.240. The van der Waals surface area contributed by atoms with Gasteiger partial charge in [0, 0.05) is 59.9 Å². The summed E-state index contributed by atoms with van der Waals surface area (Å²) in [6, 6.07) is 6.21. The number of anilines is 1. The number of aryl methyl sites for hydroxylation is 5. The molecule has 182 valence electrons. The normalized spacial score (nSPS) is 11.3. The summed E-state index contributed by atoms with van der Waals surface area (Å²) < 4.78 is 3.65. The van der Waals surface area contributed by atoms with Crippen molar-refractivity contribution in [3.8, 4) is 33.6 Å². The fourth-order valence-corrected chi connectivity index (χ4v) is 4.78. The molecule has 4 aromatic heterocycles. The molecular weight excluding hydrogens is 450 g/mol. The van der Waals surface area contributed by atoms with Gasteiger partial charge < -0.3 is 10.3 Å². The van der Waals surface area contributed by atoms with Crippen LogP contribution in [0.4, 0.5) is 5.69 Å². The van der Waals surface area contributed by atoms with Crippen molar-refractivity contribution in [2.24, 2.45) is 14.1 Å². The fraction of sp³-hybridized carbons (Fsp3) is 0.214. The summed E-state index contributed by atoms with van der Waals surface area (Å²) in [6.45, 7) is 11.8. The highest BCUT2D eigenvalue weighted by atomic mass is 16.1. The number of rotatable bonds is 5. The second-order valence-corrected chi connectivity index (χ2v) is 9.22. The van der Waals surface area contributed by atoms with E-state index in [9.17, 15) is 4.79 Å². The summed E-state index contributed by atoms with van der Waals surface area (Å²) in [7, 11) is 3.84. The molecule has 1 amide bonds. The Kier molecular flexibility index (Phi) is 5.59. The minimum absolute atomic E-state index is 0.240. The quantitative estimate of drug-likeness (QED) is 0.331. The summed E-state index contributed by atoms with van der Waals surface area (Å²) in [4.78, 5) is 20.6. The molecule has 0 fully saturated rings. The molecule has 2 N–H and O–H groups in total. The van der Waals surface area contributed by atoms with E-state index >= 15 is 0 Å². The van der Waals surface area contributed by atoms with Gasteiger partial charge in [0.15, 0.2) is 0 Å². The van der Waals surface area contributed by atoms with Crippen molar-refractivity contribution in [3.63, 3.8) is 0 Å². The van der Waals surface area contributed by atoms with Gasteiger partial charge in [-0.3, -0.25) is 14.2 Å². The number of nitrogens with one attached hydrogen (secondary N) is 2. The fourth-order valence-electron chi connectivity index (χ4n) is 4.78. The molecule has 0 saturated heterocycles. The number of hydrogen-bond donors (Lipinski definition) is 2. The van der Waals surface area contributed by atoms with E-state index in [0.29, 0.717) is 0 Å². The van der Waals surface area contributed by atoms with Crippen LogP contribution in [0.15, 0.2) is 49.4 Å². The summed E-state index contributed by atoms with van der Waals surface area (Å²) in [5.41, 5.74) is 11.4. The van der Waals surface area contributed by atoms with Gasteiger partial charge in [0.25, 0.3) is 0 Å². The molecule has 5 rings (SSSR count). The Labute approximate surface area is 209 Å². The lowest BCUT2D eigenvalue weighted by atomic mass is 9.91. The van der Waals surface area contributed by atoms with Crippen LogP contribution in [0.3, 0.4) is 0 Å². The number of carbonyl (C=O) groups excluding carboxylic acids is 1. The van der Waals surface area contributed by atoms with Crippen LogP contribution in [-0.2, 0) is 18.9 Å². The van der Waals surface area contributed by atoms with Crippen LogP contribution in [0.5, 0.6) is 0 Å². The predicted octanol–water partition coefficient (Wildman–Crippen LogP) is 5.39. The first kappa shape index (κ1) is 23.3. The van der Waals surface area contributed by atoms with E-state index in [1.165, 1.54) is 6.08 Å². The molecule has 0 aliphatic carbocycles. The number of pyridine rings is 1. The van der Waals surface area contributed by atoms with E-state index in [-0.39, 0.29) is 5.91 Å². The first-order chi connectivity index (χ1) is 17.2. The molecule has 0 saturated carbocycles. The number of carbonyl (C=O) groups is 1. The van der Waals surface area contributed by atoms with E-state index in [4.69, 9.17) is 10.1 Å². The van der Waals surface area contributed by atoms with Crippen LogP contribution in [0, 0.1) is 27.7 Å². The van der Waals surface area contributed by atoms with Gasteiger partial charge in [-0.25, -0.2) is 4.98 Å². The second kappa shape index (κ2) is 8.64. The Balaban J connectivity index is 1.84. The lowest BCUT2D eigenvalue weighted by Gasteiger charge is -2.16. The number of H-pyrrole nitrogens is 1. The smallest absolute Gasteiger partial charge is 0.247 e. The zero-order chi connectivity index (χ0) is 25.7. The Morgan fingerprint density at radius 2 is 1.86 bits per heavy atom. The molecule has 8 nitrogen and oxygen atoms in total. The Morgan fingerprint density at radius 3 is 2.50 bits per heavy atom. The SMILES string of the molecule is C=CC(=O)Nc1c(C)ccc(-c2c(-c3cnn(C)c3)[nH]c3ncc(-c4cc(C)n(C)n4)c(C)c23)c1C. The van der Waals surface area contributed by atoms with Gasteiger partial charge in [-0.15, -0.1) is 0 Å². The second-order valence-electron chi connectivity index (χ2n) is 9.22. The third kappa shape index (κ3) is 3.71. The van der Waals surface area contributed by atoms with Gasteiger partial charge in [0.1, 0.15) is 5.65 Å². The van der Waals surface area contributed by atoms with Crippen molar-refractivity contribution < 1.29 is 4.79 Å². The zero-order valence-electron chi connectivity index (χ0n) is 21.4. The number of aromatic nitrogens is 6. The molecule has 0 radical (unpaired) electrons. The third-order valence-electron chi connectivity index (χ3n) is 6.84. The summed E-state index contributed by atoms with van der Waals surface area (Å²) in [5.74, 6) is -0.240. The van der Waals surface area contributed by atoms with Crippen LogP contribution >= 0.6 is 0 Å². The molecule has 1 aromatic carbocycles. The molecule has 0 atom stereocenters. The van der Waals surface area contributed by atoms with Gasteiger partial charge in [-0.2, -0.15) is 10.2 Å². The van der Waals surface area contributed by atoms with Crippen molar-refractivity contribution in [1.82, 2.24) is 29.5 Å². The summed E-state index contributed by atoms with van der Waals surface area (Å²) in [5, 5.41) is 13.1. The number of nitrogens with zero attached hydrogens (tertiary/aromatic N) is 5. The number of aromatic amines is 1. The molecule has 8 heteroatoms. The topological polar surface area (TPSA) is 93.4 Å². The number of hydrogen-bond acceptors (Lipinski definition) is 4. The van der Waals surface area contributed by atoms with Crippen LogP contribution in [-0.4, -0.2) is 35.4 Å². The largest absolute Gasteiger partial charge is 0.339 e. The van der Waals surface area contributed by atoms with Crippen molar-refractivity contribution >= 4 is 22.6 Å². The van der Waals surface area contributed by atoms with Crippen molar-refractivity contribution in [1.29, 1.82) is 0 Å². The average molecular weight is 480 g/mol. The van der Waals surface area contributed by atoms with Crippen LogP contribution in [0.1, 0.15) is 22.4 Å². The maximum atomic E-state index is 12.2. The monoisotopic (exact) mass is 479 g/mol. The third-order valence-corrected chi connectivity index (χ3v) is 6.84. The molecule has 0 bridgehead atoms. The Hall–Kier alpha value is -4.46. The highest BCUT2D eigenvalue weighted by Gasteiger charge is 2.23. The first-order valence-corrected chi connectivity index (χ1v) is 11.7. The molecular formula is C28H29N7O. The predicted molar refractivity (Wildman–Crippen MR) is 144 cm³/mol. The number of amides is 1. The number of fused-ring (bicyclic) bond motifs is 1. The minimum Gasteiger partial charge on any atom is -0.339 e. The van der Waals surface area contributed by atoms with E-state index in [0.717, 1.165) is 72.7 Å². The van der Waals surface area contributed by atoms with E-state index in [1.807, 2.05) is 64.2 Å². The molecule has 0 aliphatic rings. The molecule has 0 unspecified atom stereocenters.